The van der Waals surface area contributed by atoms with Crippen LogP contribution in [0.25, 0.3) is 0 Å². The fourth-order valence-electron chi connectivity index (χ4n) is 6.31. The van der Waals surface area contributed by atoms with Gasteiger partial charge in [-0.2, -0.15) is 0 Å². The molecule has 6 N–H and O–H groups in total. The van der Waals surface area contributed by atoms with Crippen molar-refractivity contribution < 1.29 is 10.2 Å². The number of fused-ring (bicyclic) bond motifs is 8. The van der Waals surface area contributed by atoms with Gasteiger partial charge in [0.05, 0.1) is 0 Å². The first kappa shape index (κ1) is 26.6. The van der Waals surface area contributed by atoms with Crippen LogP contribution >= 0.6 is 0 Å². The van der Waals surface area contributed by atoms with E-state index in [1.165, 1.54) is 0 Å². The van der Waals surface area contributed by atoms with Crippen molar-refractivity contribution in [1.82, 2.24) is 19.9 Å². The second kappa shape index (κ2) is 9.35. The summed E-state index contributed by atoms with van der Waals surface area (Å²) in [6, 6.07) is 17.7. The van der Waals surface area contributed by atoms with Gasteiger partial charge in [-0.1, -0.05) is 0 Å². The molecule has 1 aliphatic rings. The third-order valence-corrected chi connectivity index (χ3v) is 9.49. The van der Waals surface area contributed by atoms with Gasteiger partial charge in [0, 0.05) is 80.4 Å². The Morgan fingerprint density at radius 1 is 0.447 bits per heavy atom. The molecule has 0 saturated carbocycles. The van der Waals surface area contributed by atoms with Crippen molar-refractivity contribution >= 4 is 0 Å². The van der Waals surface area contributed by atoms with Crippen molar-refractivity contribution in [3.05, 3.63) is 94.1 Å². The van der Waals surface area contributed by atoms with Gasteiger partial charge in [-0.25, -0.2) is 0 Å². The highest BCUT2D eigenvalue weighted by molar-refractivity contribution is 5.43. The number of hydrogen-bond donors (Lipinski definition) is 6. The maximum atomic E-state index is 9.73. The van der Waals surface area contributed by atoms with Crippen LogP contribution in [0.3, 0.4) is 0 Å². The minimum Gasteiger partial charge on any atom is -0.396 e. The quantitative estimate of drug-likeness (QED) is 0.186. The smallest absolute Gasteiger partial charge is 0.0476 e. The lowest BCUT2D eigenvalue weighted by Gasteiger charge is -2.31. The monoisotopic (exact) mass is 516 g/mol. The van der Waals surface area contributed by atoms with Crippen LogP contribution in [0, 0.1) is 0 Å². The topological polar surface area (TPSA) is 104 Å². The van der Waals surface area contributed by atoms with Crippen LogP contribution < -0.4 is 0 Å². The average molecular weight is 517 g/mol. The van der Waals surface area contributed by atoms with Crippen molar-refractivity contribution in [2.75, 3.05) is 13.2 Å². The molecule has 0 saturated heterocycles. The molecule has 0 aromatic carbocycles. The van der Waals surface area contributed by atoms with Gasteiger partial charge in [-0.15, -0.1) is 0 Å². The molecule has 8 bridgehead atoms. The van der Waals surface area contributed by atoms with Crippen molar-refractivity contribution in [2.45, 2.75) is 88.9 Å². The second-order valence-corrected chi connectivity index (χ2v) is 12.7. The first-order valence-corrected chi connectivity index (χ1v) is 14.0. The predicted octanol–water partition coefficient (Wildman–Crippen LogP) is 6.12. The molecule has 1 aliphatic heterocycles. The molecule has 0 aliphatic carbocycles. The summed E-state index contributed by atoms with van der Waals surface area (Å²) in [6.07, 6.45) is 3.09. The first-order chi connectivity index (χ1) is 18.0. The minimum absolute atomic E-state index is 0.166. The summed E-state index contributed by atoms with van der Waals surface area (Å²) in [4.78, 5) is 15.2. The summed E-state index contributed by atoms with van der Waals surface area (Å²) in [5.41, 5.74) is 8.04. The third kappa shape index (κ3) is 4.09. The molecule has 0 amide bonds. The highest BCUT2D eigenvalue weighted by Gasteiger charge is 2.38. The zero-order chi connectivity index (χ0) is 27.3. The van der Waals surface area contributed by atoms with Crippen LogP contribution in [0.15, 0.2) is 48.5 Å². The van der Waals surface area contributed by atoms with Gasteiger partial charge in [0.2, 0.25) is 0 Å². The van der Waals surface area contributed by atoms with E-state index in [1.54, 1.807) is 0 Å². The molecule has 38 heavy (non-hydrogen) atoms. The van der Waals surface area contributed by atoms with Crippen LogP contribution in [-0.2, 0) is 21.7 Å². The van der Waals surface area contributed by atoms with E-state index in [0.29, 0.717) is 0 Å². The van der Waals surface area contributed by atoms with Crippen LogP contribution in [0.4, 0.5) is 0 Å². The third-order valence-electron chi connectivity index (χ3n) is 9.49. The Labute approximate surface area is 226 Å². The molecular formula is C32H44N4O2. The lowest BCUT2D eigenvalue weighted by atomic mass is 9.79. The average Bonchev–Trinajstić information content (AvgIpc) is 3.71. The molecular weight excluding hydrogens is 472 g/mol. The first-order valence-electron chi connectivity index (χ1n) is 14.0. The zero-order valence-electron chi connectivity index (χ0n) is 23.8. The zero-order valence-corrected chi connectivity index (χ0v) is 23.8. The van der Waals surface area contributed by atoms with Crippen molar-refractivity contribution in [2.24, 2.45) is 0 Å². The number of aliphatic hydroxyl groups excluding tert-OH is 2. The van der Waals surface area contributed by atoms with Gasteiger partial charge in [0.1, 0.15) is 0 Å². The fraction of sp³-hybridized carbons (Fsp3) is 0.500. The number of aromatic nitrogens is 4. The van der Waals surface area contributed by atoms with Gasteiger partial charge < -0.3 is 30.1 Å². The van der Waals surface area contributed by atoms with Gasteiger partial charge in [-0.05, 0) is 116 Å². The summed E-state index contributed by atoms with van der Waals surface area (Å²) in [6.45, 7) is 13.9. The van der Waals surface area contributed by atoms with Gasteiger partial charge in [0.25, 0.3) is 0 Å². The SMILES string of the molecule is CC1(C)c2ccc([nH]2)C(C)(CCCO)c2ccc([nH]2)C(C)(C)c2ccc([nH]2)C(C)(CCCO)c2ccc1[nH]2. The van der Waals surface area contributed by atoms with E-state index in [0.717, 1.165) is 71.2 Å². The molecule has 0 spiro atoms. The lowest BCUT2D eigenvalue weighted by molar-refractivity contribution is 0.270. The highest BCUT2D eigenvalue weighted by Crippen LogP contribution is 2.43. The van der Waals surface area contributed by atoms with Crippen LogP contribution in [0.5, 0.6) is 0 Å². The van der Waals surface area contributed by atoms with E-state index in [2.05, 4.69) is 110 Å². The summed E-state index contributed by atoms with van der Waals surface area (Å²) in [7, 11) is 0. The van der Waals surface area contributed by atoms with Crippen molar-refractivity contribution in [1.29, 1.82) is 0 Å². The van der Waals surface area contributed by atoms with Crippen LogP contribution in [0.2, 0.25) is 0 Å². The number of hydrogen-bond acceptors (Lipinski definition) is 2. The Morgan fingerprint density at radius 2 is 0.684 bits per heavy atom. The van der Waals surface area contributed by atoms with Crippen LogP contribution in [-0.4, -0.2) is 43.4 Å². The Hall–Kier alpha value is -2.96. The molecule has 0 atom stereocenters. The number of aromatic amines is 4. The maximum absolute atomic E-state index is 9.73. The molecule has 6 heteroatoms. The fourth-order valence-corrected chi connectivity index (χ4v) is 6.31. The maximum Gasteiger partial charge on any atom is 0.0476 e. The number of H-pyrrole nitrogens is 4. The highest BCUT2D eigenvalue weighted by atomic mass is 16.3. The summed E-state index contributed by atoms with van der Waals surface area (Å²) in [5.74, 6) is 0. The largest absolute Gasteiger partial charge is 0.396 e. The Bertz CT molecular complexity index is 1200. The van der Waals surface area contributed by atoms with Gasteiger partial charge >= 0.3 is 0 Å². The number of rotatable bonds is 6. The Morgan fingerprint density at radius 3 is 0.921 bits per heavy atom. The van der Waals surface area contributed by atoms with Crippen molar-refractivity contribution in [3.8, 4) is 0 Å². The summed E-state index contributed by atoms with van der Waals surface area (Å²) in [5, 5.41) is 19.5. The molecule has 0 fully saturated rings. The standard InChI is InChI=1S/C32H44N4O2/c1-29(2)21-9-13-25(33-21)31(5,17-7-19-37)27-15-11-23(35-27)30(3,4)24-12-16-28(36-24)32(6,18-8-20-38)26-14-10-22(29)34-26/h9-16,33-38H,7-8,17-20H2,1-6H3. The molecule has 6 nitrogen and oxygen atoms in total. The molecule has 0 radical (unpaired) electrons. The molecule has 4 aromatic rings. The molecule has 204 valence electrons. The number of nitrogens with one attached hydrogen (secondary N) is 4. The van der Waals surface area contributed by atoms with Gasteiger partial charge in [-0.3, -0.25) is 0 Å². The normalized spacial score (nSPS) is 24.0. The molecule has 4 aromatic heterocycles. The predicted molar refractivity (Wildman–Crippen MR) is 153 cm³/mol. The van der Waals surface area contributed by atoms with E-state index in [4.69, 9.17) is 0 Å². The number of aliphatic hydroxyl groups is 2. The minimum atomic E-state index is -0.298. The molecule has 5 heterocycles. The van der Waals surface area contributed by atoms with Crippen LogP contribution in [0.1, 0.15) is 113 Å². The molecule has 0 unspecified atom stereocenters. The Balaban J connectivity index is 1.74. The van der Waals surface area contributed by atoms with E-state index < -0.39 is 0 Å². The molecule has 5 rings (SSSR count). The van der Waals surface area contributed by atoms with E-state index in [9.17, 15) is 10.2 Å². The van der Waals surface area contributed by atoms with E-state index in [-0.39, 0.29) is 34.9 Å². The summed E-state index contributed by atoms with van der Waals surface area (Å²) >= 11 is 0. The summed E-state index contributed by atoms with van der Waals surface area (Å²) < 4.78 is 0. The van der Waals surface area contributed by atoms with Gasteiger partial charge in [0.15, 0.2) is 0 Å². The van der Waals surface area contributed by atoms with E-state index >= 15 is 0 Å². The lowest BCUT2D eigenvalue weighted by Crippen LogP contribution is -2.29. The van der Waals surface area contributed by atoms with E-state index in [1.807, 2.05) is 0 Å². The Kier molecular flexibility index (Phi) is 6.56. The van der Waals surface area contributed by atoms with Crippen molar-refractivity contribution in [3.63, 3.8) is 0 Å². The second-order valence-electron chi connectivity index (χ2n) is 12.7.